The number of ether oxygens (including phenoxy) is 1. The minimum absolute atomic E-state index is 0.272. The van der Waals surface area contributed by atoms with Gasteiger partial charge in [-0.1, -0.05) is 0 Å². The zero-order valence-electron chi connectivity index (χ0n) is 14.5. The van der Waals surface area contributed by atoms with Gasteiger partial charge in [-0.15, -0.1) is 0 Å². The van der Waals surface area contributed by atoms with E-state index in [1.54, 1.807) is 24.3 Å². The van der Waals surface area contributed by atoms with E-state index in [1.807, 2.05) is 6.92 Å². The molecule has 1 aromatic heterocycles. The summed E-state index contributed by atoms with van der Waals surface area (Å²) in [6, 6.07) is 6.35. The standard InChI is InChI=1S/C17H21N3O6/c1-3-26-12-6-4-11(5-7-12)20-15(24)13(14(23)19-16(20)25)8-18-17(2,9-21)10-22/h4-8,21-22,24H,3,9-10H2,1-2H3,(H,19,23,25). The van der Waals surface area contributed by atoms with Crippen molar-refractivity contribution in [3.05, 3.63) is 50.7 Å². The first kappa shape index (κ1) is 19.4. The lowest BCUT2D eigenvalue weighted by molar-refractivity contribution is 0.136. The lowest BCUT2D eigenvalue weighted by Crippen LogP contribution is -2.34. The van der Waals surface area contributed by atoms with Crippen molar-refractivity contribution in [1.29, 1.82) is 0 Å². The van der Waals surface area contributed by atoms with Crippen molar-refractivity contribution in [2.24, 2.45) is 4.99 Å². The van der Waals surface area contributed by atoms with Gasteiger partial charge in [0.15, 0.2) is 0 Å². The van der Waals surface area contributed by atoms with Crippen LogP contribution in [0.4, 0.5) is 0 Å². The van der Waals surface area contributed by atoms with Gasteiger partial charge in [0.1, 0.15) is 16.9 Å². The predicted molar refractivity (Wildman–Crippen MR) is 95.7 cm³/mol. The van der Waals surface area contributed by atoms with Crippen molar-refractivity contribution >= 4 is 6.21 Å². The van der Waals surface area contributed by atoms with E-state index < -0.39 is 35.9 Å². The summed E-state index contributed by atoms with van der Waals surface area (Å²) >= 11 is 0. The molecule has 9 heteroatoms. The molecule has 0 aliphatic heterocycles. The second-order valence-corrected chi connectivity index (χ2v) is 5.83. The molecule has 140 valence electrons. The van der Waals surface area contributed by atoms with E-state index in [4.69, 9.17) is 4.74 Å². The number of aromatic amines is 1. The highest BCUT2D eigenvalue weighted by atomic mass is 16.5. The number of aliphatic hydroxyl groups is 2. The van der Waals surface area contributed by atoms with Gasteiger partial charge >= 0.3 is 5.69 Å². The van der Waals surface area contributed by atoms with Crippen LogP contribution in [-0.4, -0.2) is 56.4 Å². The molecule has 0 amide bonds. The van der Waals surface area contributed by atoms with Gasteiger partial charge in [-0.05, 0) is 38.1 Å². The average molecular weight is 363 g/mol. The minimum Gasteiger partial charge on any atom is -0.494 e. The summed E-state index contributed by atoms with van der Waals surface area (Å²) in [5.41, 5.74) is -2.84. The molecule has 0 fully saturated rings. The summed E-state index contributed by atoms with van der Waals surface area (Å²) in [6.07, 6.45) is 1.02. The Bertz CT molecular complexity index is 894. The summed E-state index contributed by atoms with van der Waals surface area (Å²) in [5, 5.41) is 28.9. The van der Waals surface area contributed by atoms with E-state index in [0.717, 1.165) is 10.8 Å². The molecule has 26 heavy (non-hydrogen) atoms. The van der Waals surface area contributed by atoms with Crippen LogP contribution in [0.15, 0.2) is 38.8 Å². The van der Waals surface area contributed by atoms with Gasteiger partial charge in [-0.3, -0.25) is 14.8 Å². The topological polar surface area (TPSA) is 137 Å². The molecule has 2 aromatic rings. The number of H-pyrrole nitrogens is 1. The first-order valence-corrected chi connectivity index (χ1v) is 7.93. The highest BCUT2D eigenvalue weighted by Gasteiger charge is 2.21. The van der Waals surface area contributed by atoms with Crippen LogP contribution in [0.5, 0.6) is 11.6 Å². The monoisotopic (exact) mass is 363 g/mol. The SMILES string of the molecule is CCOc1ccc(-n2c(O)c(C=NC(C)(CO)CO)c(=O)[nH]c2=O)cc1. The predicted octanol–water partition coefficient (Wildman–Crippen LogP) is -0.208. The fourth-order valence-corrected chi connectivity index (χ4v) is 2.10. The van der Waals surface area contributed by atoms with Crippen LogP contribution in [0.2, 0.25) is 0 Å². The maximum Gasteiger partial charge on any atom is 0.335 e. The summed E-state index contributed by atoms with van der Waals surface area (Å²) in [4.78, 5) is 30.2. The molecule has 4 N–H and O–H groups in total. The number of rotatable bonds is 7. The zero-order valence-corrected chi connectivity index (χ0v) is 14.5. The van der Waals surface area contributed by atoms with Crippen molar-refractivity contribution in [1.82, 2.24) is 9.55 Å². The third-order valence-electron chi connectivity index (χ3n) is 3.71. The third-order valence-corrected chi connectivity index (χ3v) is 3.71. The first-order valence-electron chi connectivity index (χ1n) is 7.93. The average Bonchev–Trinajstić information content (AvgIpc) is 2.62. The smallest absolute Gasteiger partial charge is 0.335 e. The Kier molecular flexibility index (Phi) is 5.96. The van der Waals surface area contributed by atoms with Crippen LogP contribution in [-0.2, 0) is 0 Å². The van der Waals surface area contributed by atoms with E-state index in [0.29, 0.717) is 18.0 Å². The number of aromatic hydroxyl groups is 1. The van der Waals surface area contributed by atoms with Crippen molar-refractivity contribution < 1.29 is 20.1 Å². The van der Waals surface area contributed by atoms with E-state index >= 15 is 0 Å². The van der Waals surface area contributed by atoms with Crippen molar-refractivity contribution in [2.75, 3.05) is 19.8 Å². The van der Waals surface area contributed by atoms with E-state index in [-0.39, 0.29) is 5.56 Å². The number of benzene rings is 1. The zero-order chi connectivity index (χ0) is 19.3. The van der Waals surface area contributed by atoms with Crippen molar-refractivity contribution in [3.63, 3.8) is 0 Å². The van der Waals surface area contributed by atoms with Gasteiger partial charge in [0, 0.05) is 6.21 Å². The summed E-state index contributed by atoms with van der Waals surface area (Å²) in [7, 11) is 0. The molecular formula is C17H21N3O6. The summed E-state index contributed by atoms with van der Waals surface area (Å²) in [5.74, 6) is -0.0125. The molecule has 0 spiro atoms. The van der Waals surface area contributed by atoms with E-state index in [1.165, 1.54) is 6.92 Å². The van der Waals surface area contributed by atoms with Gasteiger partial charge in [0.25, 0.3) is 5.56 Å². The summed E-state index contributed by atoms with van der Waals surface area (Å²) < 4.78 is 6.23. The van der Waals surface area contributed by atoms with Gasteiger partial charge in [0.2, 0.25) is 5.88 Å². The Morgan fingerprint density at radius 1 is 1.23 bits per heavy atom. The van der Waals surface area contributed by atoms with Crippen LogP contribution in [0.25, 0.3) is 5.69 Å². The van der Waals surface area contributed by atoms with Gasteiger partial charge in [-0.25, -0.2) is 9.36 Å². The van der Waals surface area contributed by atoms with Gasteiger partial charge < -0.3 is 20.1 Å². The number of nitrogens with one attached hydrogen (secondary N) is 1. The maximum absolute atomic E-state index is 12.1. The Balaban J connectivity index is 2.54. The first-order chi connectivity index (χ1) is 12.3. The fourth-order valence-electron chi connectivity index (χ4n) is 2.10. The minimum atomic E-state index is -1.22. The lowest BCUT2D eigenvalue weighted by Gasteiger charge is -2.18. The molecule has 9 nitrogen and oxygen atoms in total. The quantitative estimate of drug-likeness (QED) is 0.503. The number of hydrogen-bond acceptors (Lipinski definition) is 7. The molecule has 1 heterocycles. The van der Waals surface area contributed by atoms with Crippen LogP contribution in [0.3, 0.4) is 0 Å². The number of aliphatic hydroxyl groups excluding tert-OH is 2. The third kappa shape index (κ3) is 4.01. The Hall–Kier alpha value is -2.91. The van der Waals surface area contributed by atoms with Crippen LogP contribution >= 0.6 is 0 Å². The highest BCUT2D eigenvalue weighted by Crippen LogP contribution is 2.19. The number of nitrogens with zero attached hydrogens (tertiary/aromatic N) is 2. The number of hydrogen-bond donors (Lipinski definition) is 4. The molecule has 0 aliphatic carbocycles. The molecule has 0 aliphatic rings. The molecule has 0 bridgehead atoms. The van der Waals surface area contributed by atoms with E-state index in [2.05, 4.69) is 9.98 Å². The van der Waals surface area contributed by atoms with Crippen molar-refractivity contribution in [2.45, 2.75) is 19.4 Å². The molecule has 0 radical (unpaired) electrons. The Morgan fingerprint density at radius 2 is 1.85 bits per heavy atom. The molecule has 1 aromatic carbocycles. The Morgan fingerprint density at radius 3 is 2.38 bits per heavy atom. The molecule has 2 rings (SSSR count). The molecule has 0 saturated heterocycles. The van der Waals surface area contributed by atoms with Crippen LogP contribution < -0.4 is 16.0 Å². The van der Waals surface area contributed by atoms with Gasteiger partial charge in [-0.2, -0.15) is 0 Å². The fraction of sp³-hybridized carbons (Fsp3) is 0.353. The van der Waals surface area contributed by atoms with Gasteiger partial charge in [0.05, 0.1) is 25.5 Å². The van der Waals surface area contributed by atoms with Crippen molar-refractivity contribution in [3.8, 4) is 17.3 Å². The second kappa shape index (κ2) is 7.98. The Labute approximate surface area is 148 Å². The number of aliphatic imine (C=N–C) groups is 1. The second-order valence-electron chi connectivity index (χ2n) is 5.83. The molecule has 0 atom stereocenters. The largest absolute Gasteiger partial charge is 0.494 e. The van der Waals surface area contributed by atoms with E-state index in [9.17, 15) is 24.9 Å². The lowest BCUT2D eigenvalue weighted by atomic mass is 10.1. The number of aromatic nitrogens is 2. The maximum atomic E-state index is 12.1. The molecular weight excluding hydrogens is 342 g/mol. The summed E-state index contributed by atoms with van der Waals surface area (Å²) in [6.45, 7) is 2.87. The van der Waals surface area contributed by atoms with Crippen LogP contribution in [0.1, 0.15) is 19.4 Å². The molecule has 0 saturated carbocycles. The molecule has 0 unspecified atom stereocenters. The highest BCUT2D eigenvalue weighted by molar-refractivity contribution is 5.82. The van der Waals surface area contributed by atoms with Crippen LogP contribution in [0, 0.1) is 0 Å². The normalized spacial score (nSPS) is 11.8.